The van der Waals surface area contributed by atoms with Gasteiger partial charge in [0, 0.05) is 1460 Å². The third kappa shape index (κ3) is 299. The molecule has 0 fully saturated rings. The summed E-state index contributed by atoms with van der Waals surface area (Å²) in [6.45, 7) is 31.6. The van der Waals surface area contributed by atoms with E-state index in [1.807, 2.05) is 55.4 Å². The van der Waals surface area contributed by atoms with Crippen molar-refractivity contribution < 1.29 is 1470 Å². The molecule has 0 rings (SSSR count). The van der Waals surface area contributed by atoms with Crippen molar-refractivity contribution >= 4 is 11.9 Å². The number of aliphatic hydroxyl groups excluding tert-OH is 2. The number of rotatable bonds is 19. The Balaban J connectivity index is -0.00000000417. The Bertz CT molecular complexity index is 797. The first-order chi connectivity index (χ1) is 19.4. The number of aliphatic carboxylic acids is 2. The number of nitrogens with one attached hydrogen (secondary N) is 4. The van der Waals surface area contributed by atoms with Crippen LogP contribution in [0.15, 0.2) is 26.3 Å². The van der Waals surface area contributed by atoms with Gasteiger partial charge < -0.3 is 66.0 Å². The van der Waals surface area contributed by atoms with E-state index < -0.39 is 18.0 Å². The molecule has 0 amide bonds. The third-order valence-electron chi connectivity index (χ3n) is 4.77. The standard InChI is InChI=1S/C9H16NO2.C8H14NO2.C8H16NO.C7H14NO.44Y/c1-4-8(10-7(2)3)5-6-9(11)12;1-4-7(5-8(10)11)9-6(2)3;1-5-8(7(4)10)9-6(2)3;1-4-7(5-9)8-6(2)3;;;;;;;;;;;;;;;;;;;;;;;;;;;;;;;;;;;;;;;;;;;;/h7-8,10H,1,5-6H2,2-3H3,(H,11,12);6-7,9H,1,5H2,2-3H3,(H,10,11);6-10H,1H2,2-4H3;6-9H,1,5H2,2-3H3;;;;;;;;;;;;;;;;;;;;;;;;;;;;;;;;;;;;;;;;;;;;/q4*-1;;;;;;;;;;;;;;;;;;;;;;;;;;;;;;;;;;;;;;;;;;;;/t8-;7-;7-,8-;7-;;;;;;;;;;;;;;;;;;;;;;;;;;;;;;;;;;;;;;;;;;;;/m1111............................................/s1. The Morgan fingerprint density at radius 2 is 0.500 bits per heavy atom. The molecule has 86 heavy (non-hydrogen) atoms. The van der Waals surface area contributed by atoms with Gasteiger partial charge in [0.2, 0.25) is 0 Å². The molecule has 0 aromatic rings. The molecule has 380 valence electrons. The van der Waals surface area contributed by atoms with E-state index in [0.29, 0.717) is 24.5 Å². The van der Waals surface area contributed by atoms with Gasteiger partial charge in [-0.3, -0.25) is 35.9 Å². The van der Waals surface area contributed by atoms with Crippen molar-refractivity contribution in [3.63, 3.8) is 0 Å². The first-order valence-corrected chi connectivity index (χ1v) is 14.3. The summed E-state index contributed by atoms with van der Waals surface area (Å²) in [7, 11) is 0. The van der Waals surface area contributed by atoms with E-state index in [-0.39, 0.29) is 1490 Å². The van der Waals surface area contributed by atoms with Gasteiger partial charge in [0.25, 0.3) is 0 Å². The summed E-state index contributed by atoms with van der Waals surface area (Å²) in [5.74, 6) is -1.61. The van der Waals surface area contributed by atoms with E-state index in [4.69, 9.17) is 20.4 Å². The van der Waals surface area contributed by atoms with Crippen LogP contribution in [-0.4, -0.2) is 93.4 Å². The molecule has 0 saturated heterocycles. The van der Waals surface area contributed by atoms with Crippen LogP contribution in [0.25, 0.3) is 0 Å². The molecule has 0 aromatic heterocycles. The fourth-order valence-corrected chi connectivity index (χ4v) is 2.99. The second-order valence-electron chi connectivity index (χ2n) is 10.7. The zero-order valence-corrected chi connectivity index (χ0v) is 178. The molecule has 0 aromatic carbocycles. The maximum atomic E-state index is 10.2. The van der Waals surface area contributed by atoms with Gasteiger partial charge >= 0.3 is 11.9 Å². The summed E-state index contributed by atoms with van der Waals surface area (Å²) in [5, 5.41) is 46.9. The monoisotopic (exact) mass is 4510 g/mol. The average molecular weight is 4510 g/mol. The zero-order valence-electron chi connectivity index (χ0n) is 52.9. The van der Waals surface area contributed by atoms with E-state index in [0.717, 1.165) is 0 Å². The number of hydrogen-bond acceptors (Lipinski definition) is 8. The molecule has 0 aliphatic rings. The minimum absolute atomic E-state index is 0. The van der Waals surface area contributed by atoms with Gasteiger partial charge in [-0.1, -0.05) is 67.9 Å². The van der Waals surface area contributed by atoms with Crippen molar-refractivity contribution in [2.75, 3.05) is 6.61 Å². The van der Waals surface area contributed by atoms with Crippen molar-refractivity contribution in [1.82, 2.24) is 21.3 Å². The fourth-order valence-electron chi connectivity index (χ4n) is 2.99. The maximum absolute atomic E-state index is 10.2. The van der Waals surface area contributed by atoms with Crippen LogP contribution in [0.3, 0.4) is 0 Å². The second kappa shape index (κ2) is 267. The quantitative estimate of drug-likeness (QED) is 0.0904. The molecule has 44 radical (unpaired) electrons. The molecule has 10 nitrogen and oxygen atoms in total. The van der Waals surface area contributed by atoms with E-state index in [9.17, 15) is 9.59 Å². The SMILES string of the molecule is C=[C-][C@@H](NC(C)C)[C@@H](C)O.C=[C-][C@H](CC(=O)O)NC(C)C.C=[C-][C@H](CCC(=O)O)NC(C)C.C=[C-][C@H](CO)NC(C)C.[Y].[Y].[Y].[Y].[Y].[Y].[Y].[Y].[Y].[Y].[Y].[Y].[Y].[Y].[Y].[Y].[Y].[Y].[Y].[Y].[Y].[Y].[Y].[Y].[Y].[Y].[Y].[Y].[Y].[Y].[Y].[Y].[Y].[Y].[Y].[Y].[Y].[Y].[Y].[Y].[Y].[Y].[Y].[Y]. The van der Waals surface area contributed by atoms with Gasteiger partial charge in [0.1, 0.15) is 0 Å². The smallest absolute Gasteiger partial charge is 0.303 e. The number of aliphatic hydroxyl groups is 2. The summed E-state index contributed by atoms with van der Waals surface area (Å²) in [6, 6.07) is 0.871. The maximum Gasteiger partial charge on any atom is 0.303 e. The van der Waals surface area contributed by atoms with E-state index in [2.05, 4.69) is 71.9 Å². The van der Waals surface area contributed by atoms with Crippen molar-refractivity contribution in [3.05, 3.63) is 50.6 Å². The summed E-state index contributed by atoms with van der Waals surface area (Å²) in [4.78, 5) is 20.5. The van der Waals surface area contributed by atoms with Crippen molar-refractivity contribution in [1.29, 1.82) is 0 Å². The van der Waals surface area contributed by atoms with E-state index in [1.165, 1.54) is 0 Å². The molecule has 0 saturated carbocycles. The Labute approximate surface area is 1640 Å². The normalized spacial score (nSPS) is 6.87. The van der Waals surface area contributed by atoms with Crippen LogP contribution in [0.2, 0.25) is 0 Å². The molecule has 0 unspecified atom stereocenters. The minimum Gasteiger partial charge on any atom is -0.486 e. The fraction of sp³-hybridized carbons (Fsp3) is 0.688. The van der Waals surface area contributed by atoms with Crippen LogP contribution < -0.4 is 21.3 Å². The molecule has 0 bridgehead atoms. The second-order valence-corrected chi connectivity index (χ2v) is 10.7. The Hall–Kier alpha value is 46.2. The molecule has 0 heterocycles. The number of carboxylic acid groups (broad SMARTS) is 2. The van der Waals surface area contributed by atoms with Gasteiger partial charge in [0.15, 0.2) is 0 Å². The summed E-state index contributed by atoms with van der Waals surface area (Å²) in [6.07, 6.45) is 11.1. The summed E-state index contributed by atoms with van der Waals surface area (Å²) in [5.41, 5.74) is 0. The molecular formula is C32H60N4O6Y44-4. The van der Waals surface area contributed by atoms with E-state index in [1.54, 1.807) is 6.92 Å². The van der Waals surface area contributed by atoms with Gasteiger partial charge in [-0.2, -0.15) is 0 Å². The van der Waals surface area contributed by atoms with Gasteiger partial charge in [-0.05, 0) is 31.1 Å². The zero-order chi connectivity index (χ0) is 33.8. The summed E-state index contributed by atoms with van der Waals surface area (Å²) >= 11 is 0. The van der Waals surface area contributed by atoms with Gasteiger partial charge in [-0.25, -0.2) is 0 Å². The molecule has 0 aliphatic carbocycles. The molecule has 8 N–H and O–H groups in total. The molecule has 0 aliphatic heterocycles. The summed E-state index contributed by atoms with van der Waals surface area (Å²) < 4.78 is 0. The first-order valence-electron chi connectivity index (χ1n) is 14.3. The predicted octanol–water partition coefficient (Wildman–Crippen LogP) is 2.97. The van der Waals surface area contributed by atoms with Crippen LogP contribution in [0.1, 0.15) is 81.6 Å². The largest absolute Gasteiger partial charge is 0.486 e. The topological polar surface area (TPSA) is 163 Å². The number of carbonyl (C=O) groups is 2. The van der Waals surface area contributed by atoms with Crippen LogP contribution >= 0.6 is 0 Å². The Morgan fingerprint density at radius 1 is 0.314 bits per heavy atom. The Morgan fingerprint density at radius 3 is 0.605 bits per heavy atom. The van der Waals surface area contributed by atoms with Crippen molar-refractivity contribution in [3.8, 4) is 0 Å². The molecular weight excluding hydrogens is 4450 g/mol. The van der Waals surface area contributed by atoms with Crippen LogP contribution in [0, 0.1) is 24.3 Å². The third-order valence-corrected chi connectivity index (χ3v) is 4.77. The molecule has 54 heteroatoms. The van der Waals surface area contributed by atoms with Crippen LogP contribution in [0.5, 0.6) is 0 Å². The number of carboxylic acids is 2. The van der Waals surface area contributed by atoms with Crippen molar-refractivity contribution in [2.45, 2.75) is 136 Å². The minimum atomic E-state index is -0.834. The Kier molecular flexibility index (Phi) is 998. The molecule has 5 atom stereocenters. The van der Waals surface area contributed by atoms with Gasteiger partial charge in [-0.15, -0.1) is 18.1 Å². The number of hydrogen-bond donors (Lipinski definition) is 8. The van der Waals surface area contributed by atoms with Crippen LogP contribution in [0.4, 0.5) is 0 Å². The first kappa shape index (κ1) is 321. The predicted molar refractivity (Wildman–Crippen MR) is 172 cm³/mol. The van der Waals surface area contributed by atoms with Gasteiger partial charge in [0.05, 0.1) is 0 Å². The van der Waals surface area contributed by atoms with Crippen molar-refractivity contribution in [2.24, 2.45) is 0 Å². The van der Waals surface area contributed by atoms with Crippen LogP contribution in [-0.2, 0) is 1450 Å². The molecule has 0 spiro atoms. The average Bonchev–Trinajstić information content (AvgIpc) is 2.87. The van der Waals surface area contributed by atoms with E-state index >= 15 is 0 Å².